The second-order valence-corrected chi connectivity index (χ2v) is 4.68. The van der Waals surface area contributed by atoms with Gasteiger partial charge < -0.3 is 9.47 Å². The molecule has 5 heteroatoms. The van der Waals surface area contributed by atoms with E-state index in [1.165, 1.54) is 0 Å². The highest BCUT2D eigenvalue weighted by Gasteiger charge is 2.22. The molecule has 0 aromatic heterocycles. The number of rotatable bonds is 4. The minimum Gasteiger partial charge on any atom is -0.379 e. The molecule has 0 radical (unpaired) electrons. The average Bonchev–Trinajstić information content (AvgIpc) is 2.38. The molecule has 2 aliphatic rings. The first-order valence-corrected chi connectivity index (χ1v) is 6.61. The van der Waals surface area contributed by atoms with E-state index in [9.17, 15) is 0 Å². The van der Waals surface area contributed by atoms with Gasteiger partial charge in [-0.15, -0.1) is 11.6 Å². The van der Waals surface area contributed by atoms with Gasteiger partial charge in [-0.3, -0.25) is 9.80 Å². The highest BCUT2D eigenvalue weighted by Crippen LogP contribution is 2.08. The molecule has 2 fully saturated rings. The van der Waals surface area contributed by atoms with Crippen molar-refractivity contribution in [3.63, 3.8) is 0 Å². The second kappa shape index (κ2) is 6.77. The first kappa shape index (κ1) is 12.6. The van der Waals surface area contributed by atoms with E-state index in [1.807, 2.05) is 0 Å². The fourth-order valence-corrected chi connectivity index (χ4v) is 2.50. The van der Waals surface area contributed by atoms with Crippen LogP contribution in [-0.2, 0) is 9.47 Å². The van der Waals surface area contributed by atoms with E-state index in [1.54, 1.807) is 0 Å². The predicted octanol–water partition coefficient (Wildman–Crippen LogP) is 0.258. The third-order valence-electron chi connectivity index (χ3n) is 3.33. The first-order chi connectivity index (χ1) is 7.90. The zero-order valence-electron chi connectivity index (χ0n) is 9.74. The number of nitrogens with zero attached hydrogens (tertiary/aromatic N) is 2. The number of ether oxygens (including phenoxy) is 2. The highest BCUT2D eigenvalue weighted by atomic mass is 35.5. The van der Waals surface area contributed by atoms with E-state index in [2.05, 4.69) is 9.80 Å². The Morgan fingerprint density at radius 3 is 2.50 bits per heavy atom. The third kappa shape index (κ3) is 3.57. The molecular weight excluding hydrogens is 228 g/mol. The standard InChI is InChI=1S/C11H21ClN2O2/c12-9-11-10-16-8-5-14(11)2-1-13-3-6-15-7-4-13/h11H,1-10H2. The van der Waals surface area contributed by atoms with Crippen LogP contribution in [0.25, 0.3) is 0 Å². The number of hydrogen-bond donors (Lipinski definition) is 0. The molecule has 4 nitrogen and oxygen atoms in total. The minimum atomic E-state index is 0.399. The van der Waals surface area contributed by atoms with Crippen molar-refractivity contribution >= 4 is 11.6 Å². The molecule has 94 valence electrons. The van der Waals surface area contributed by atoms with Gasteiger partial charge in [0.25, 0.3) is 0 Å². The molecule has 2 aliphatic heterocycles. The van der Waals surface area contributed by atoms with Crippen LogP contribution in [0.4, 0.5) is 0 Å². The molecule has 0 amide bonds. The lowest BCUT2D eigenvalue weighted by Gasteiger charge is -2.36. The maximum absolute atomic E-state index is 5.94. The zero-order chi connectivity index (χ0) is 11.2. The van der Waals surface area contributed by atoms with E-state index in [0.29, 0.717) is 11.9 Å². The number of hydrogen-bond acceptors (Lipinski definition) is 4. The van der Waals surface area contributed by atoms with Gasteiger partial charge in [-0.05, 0) is 0 Å². The molecule has 0 saturated carbocycles. The van der Waals surface area contributed by atoms with Crippen molar-refractivity contribution in [1.29, 1.82) is 0 Å². The van der Waals surface area contributed by atoms with Crippen LogP contribution in [0.15, 0.2) is 0 Å². The van der Waals surface area contributed by atoms with Crippen LogP contribution in [0.2, 0.25) is 0 Å². The SMILES string of the molecule is ClCC1COCCN1CCN1CCOCC1. The lowest BCUT2D eigenvalue weighted by molar-refractivity contribution is -0.0114. The third-order valence-corrected chi connectivity index (χ3v) is 3.69. The Morgan fingerprint density at radius 1 is 1.00 bits per heavy atom. The zero-order valence-corrected chi connectivity index (χ0v) is 10.5. The lowest BCUT2D eigenvalue weighted by atomic mass is 10.2. The fraction of sp³-hybridized carbons (Fsp3) is 1.00. The van der Waals surface area contributed by atoms with Gasteiger partial charge in [0.2, 0.25) is 0 Å². The van der Waals surface area contributed by atoms with Gasteiger partial charge in [0, 0.05) is 44.6 Å². The summed E-state index contributed by atoms with van der Waals surface area (Å²) in [5.41, 5.74) is 0. The molecule has 16 heavy (non-hydrogen) atoms. The molecule has 0 N–H and O–H groups in total. The predicted molar refractivity (Wildman–Crippen MR) is 64.2 cm³/mol. The van der Waals surface area contributed by atoms with Gasteiger partial charge in [0.05, 0.1) is 26.4 Å². The Morgan fingerprint density at radius 2 is 1.75 bits per heavy atom. The van der Waals surface area contributed by atoms with E-state index in [0.717, 1.165) is 59.2 Å². The summed E-state index contributed by atoms with van der Waals surface area (Å²) in [7, 11) is 0. The molecule has 0 aromatic carbocycles. The van der Waals surface area contributed by atoms with Gasteiger partial charge in [0.15, 0.2) is 0 Å². The Labute approximate surface area is 102 Å². The molecule has 0 aromatic rings. The fourth-order valence-electron chi connectivity index (χ4n) is 2.22. The summed E-state index contributed by atoms with van der Waals surface area (Å²) < 4.78 is 10.8. The van der Waals surface area contributed by atoms with Gasteiger partial charge >= 0.3 is 0 Å². The summed E-state index contributed by atoms with van der Waals surface area (Å²) in [6.07, 6.45) is 0. The quantitative estimate of drug-likeness (QED) is 0.667. The van der Waals surface area contributed by atoms with Crippen LogP contribution in [0.5, 0.6) is 0 Å². The van der Waals surface area contributed by atoms with E-state index >= 15 is 0 Å². The number of halogens is 1. The van der Waals surface area contributed by atoms with E-state index in [-0.39, 0.29) is 0 Å². The molecule has 2 rings (SSSR count). The van der Waals surface area contributed by atoms with Crippen molar-refractivity contribution in [2.75, 3.05) is 65.0 Å². The summed E-state index contributed by atoms with van der Waals surface area (Å²) in [5.74, 6) is 0.670. The number of alkyl halides is 1. The van der Waals surface area contributed by atoms with Crippen molar-refractivity contribution < 1.29 is 9.47 Å². The minimum absolute atomic E-state index is 0.399. The van der Waals surface area contributed by atoms with Crippen LogP contribution in [-0.4, -0.2) is 80.9 Å². The molecule has 1 unspecified atom stereocenters. The summed E-state index contributed by atoms with van der Waals surface area (Å²) in [6, 6.07) is 0.399. The molecule has 0 aliphatic carbocycles. The van der Waals surface area contributed by atoms with E-state index in [4.69, 9.17) is 21.1 Å². The summed E-state index contributed by atoms with van der Waals surface area (Å²) in [5, 5.41) is 0. The van der Waals surface area contributed by atoms with Crippen molar-refractivity contribution in [1.82, 2.24) is 9.80 Å². The van der Waals surface area contributed by atoms with Crippen molar-refractivity contribution in [3.05, 3.63) is 0 Å². The Bertz CT molecular complexity index is 200. The molecule has 1 atom stereocenters. The summed E-state index contributed by atoms with van der Waals surface area (Å²) in [6.45, 7) is 8.75. The Hall–Kier alpha value is 0.130. The first-order valence-electron chi connectivity index (χ1n) is 6.08. The van der Waals surface area contributed by atoms with E-state index < -0.39 is 0 Å². The highest BCUT2D eigenvalue weighted by molar-refractivity contribution is 6.18. The average molecular weight is 249 g/mol. The van der Waals surface area contributed by atoms with Crippen molar-refractivity contribution in [3.8, 4) is 0 Å². The van der Waals surface area contributed by atoms with Gasteiger partial charge in [0.1, 0.15) is 0 Å². The monoisotopic (exact) mass is 248 g/mol. The second-order valence-electron chi connectivity index (χ2n) is 4.37. The van der Waals surface area contributed by atoms with Gasteiger partial charge in [-0.1, -0.05) is 0 Å². The summed E-state index contributed by atoms with van der Waals surface area (Å²) in [4.78, 5) is 4.91. The lowest BCUT2D eigenvalue weighted by Crippen LogP contribution is -2.50. The Kier molecular flexibility index (Phi) is 5.32. The van der Waals surface area contributed by atoms with Crippen LogP contribution in [0.3, 0.4) is 0 Å². The van der Waals surface area contributed by atoms with Crippen LogP contribution in [0, 0.1) is 0 Å². The molecule has 2 saturated heterocycles. The Balaban J connectivity index is 1.70. The van der Waals surface area contributed by atoms with Crippen LogP contribution in [0.1, 0.15) is 0 Å². The molecule has 0 bridgehead atoms. The molecular formula is C11H21ClN2O2. The topological polar surface area (TPSA) is 24.9 Å². The molecule has 2 heterocycles. The molecule has 0 spiro atoms. The smallest absolute Gasteiger partial charge is 0.0634 e. The maximum atomic E-state index is 5.94. The van der Waals surface area contributed by atoms with Crippen molar-refractivity contribution in [2.45, 2.75) is 6.04 Å². The number of morpholine rings is 2. The van der Waals surface area contributed by atoms with Crippen LogP contribution >= 0.6 is 11.6 Å². The van der Waals surface area contributed by atoms with Crippen LogP contribution < -0.4 is 0 Å². The largest absolute Gasteiger partial charge is 0.379 e. The van der Waals surface area contributed by atoms with Gasteiger partial charge in [-0.25, -0.2) is 0 Å². The summed E-state index contributed by atoms with van der Waals surface area (Å²) >= 11 is 5.94. The van der Waals surface area contributed by atoms with Gasteiger partial charge in [-0.2, -0.15) is 0 Å². The maximum Gasteiger partial charge on any atom is 0.0634 e. The van der Waals surface area contributed by atoms with Crippen molar-refractivity contribution in [2.24, 2.45) is 0 Å². The normalized spacial score (nSPS) is 29.4.